The average molecular weight is 278 g/mol. The highest BCUT2D eigenvalue weighted by atomic mass is 16.4. The highest BCUT2D eigenvalue weighted by Crippen LogP contribution is 2.39. The number of carbonyl (C=O) groups is 1. The predicted octanol–water partition coefficient (Wildman–Crippen LogP) is 3.74. The Hall–Kier alpha value is -2.62. The molecule has 0 saturated heterocycles. The first-order valence-electron chi connectivity index (χ1n) is 7.02. The van der Waals surface area contributed by atoms with E-state index in [-0.39, 0.29) is 0 Å². The van der Waals surface area contributed by atoms with Gasteiger partial charge in [0.1, 0.15) is 0 Å². The van der Waals surface area contributed by atoms with Crippen LogP contribution in [0.5, 0.6) is 0 Å². The first-order valence-corrected chi connectivity index (χ1v) is 7.02. The molecule has 2 aromatic heterocycles. The van der Waals surface area contributed by atoms with Crippen molar-refractivity contribution in [2.24, 2.45) is 0 Å². The molecule has 3 aromatic rings. The van der Waals surface area contributed by atoms with Crippen LogP contribution in [0, 0.1) is 0 Å². The molecular weight excluding hydrogens is 264 g/mol. The van der Waals surface area contributed by atoms with Crippen LogP contribution >= 0.6 is 0 Å². The van der Waals surface area contributed by atoms with Crippen LogP contribution in [0.4, 0.5) is 0 Å². The maximum atomic E-state index is 11.6. The minimum Gasteiger partial charge on any atom is -0.478 e. The molecule has 4 heteroatoms. The Labute approximate surface area is 121 Å². The minimum atomic E-state index is -0.885. The molecule has 104 valence electrons. The highest BCUT2D eigenvalue weighted by molar-refractivity contribution is 6.05. The number of hydrogen-bond acceptors (Lipinski definition) is 2. The van der Waals surface area contributed by atoms with Gasteiger partial charge < -0.3 is 9.67 Å². The summed E-state index contributed by atoms with van der Waals surface area (Å²) < 4.78 is 2.20. The van der Waals surface area contributed by atoms with E-state index in [4.69, 9.17) is 0 Å². The van der Waals surface area contributed by atoms with E-state index in [1.807, 2.05) is 24.4 Å². The zero-order chi connectivity index (χ0) is 14.4. The SMILES string of the molecule is O=C(O)c1cc(-c2ccncc2)cc2c1ccn2C1CC1. The number of rotatable bonds is 3. The molecule has 1 N–H and O–H groups in total. The Bertz CT molecular complexity index is 833. The molecule has 0 radical (unpaired) electrons. The van der Waals surface area contributed by atoms with Gasteiger partial charge in [-0.05, 0) is 54.3 Å². The monoisotopic (exact) mass is 278 g/mol. The van der Waals surface area contributed by atoms with Crippen molar-refractivity contribution in [3.05, 3.63) is 54.5 Å². The van der Waals surface area contributed by atoms with Crippen LogP contribution in [0.3, 0.4) is 0 Å². The first-order chi connectivity index (χ1) is 10.2. The third-order valence-electron chi connectivity index (χ3n) is 4.02. The largest absolute Gasteiger partial charge is 0.478 e. The van der Waals surface area contributed by atoms with Crippen molar-refractivity contribution in [3.8, 4) is 11.1 Å². The number of carboxylic acid groups (broad SMARTS) is 1. The Morgan fingerprint density at radius 3 is 2.57 bits per heavy atom. The quantitative estimate of drug-likeness (QED) is 0.794. The van der Waals surface area contributed by atoms with Gasteiger partial charge in [-0.2, -0.15) is 0 Å². The summed E-state index contributed by atoms with van der Waals surface area (Å²) in [7, 11) is 0. The Morgan fingerprint density at radius 2 is 1.90 bits per heavy atom. The molecule has 0 atom stereocenters. The summed E-state index contributed by atoms with van der Waals surface area (Å²) in [4.78, 5) is 15.6. The van der Waals surface area contributed by atoms with E-state index in [1.165, 1.54) is 12.8 Å². The summed E-state index contributed by atoms with van der Waals surface area (Å²) in [6, 6.07) is 10.1. The smallest absolute Gasteiger partial charge is 0.336 e. The lowest BCUT2D eigenvalue weighted by atomic mass is 10.0. The van der Waals surface area contributed by atoms with E-state index >= 15 is 0 Å². The zero-order valence-corrected chi connectivity index (χ0v) is 11.4. The Balaban J connectivity index is 2.00. The molecule has 4 rings (SSSR count). The van der Waals surface area contributed by atoms with E-state index in [2.05, 4.69) is 15.6 Å². The first kappa shape index (κ1) is 12.1. The molecule has 1 aliphatic carbocycles. The van der Waals surface area contributed by atoms with E-state index in [9.17, 15) is 9.90 Å². The van der Waals surface area contributed by atoms with E-state index < -0.39 is 5.97 Å². The zero-order valence-electron chi connectivity index (χ0n) is 11.4. The molecule has 0 amide bonds. The minimum absolute atomic E-state index is 0.360. The van der Waals surface area contributed by atoms with Crippen LogP contribution in [0.25, 0.3) is 22.0 Å². The van der Waals surface area contributed by atoms with Gasteiger partial charge in [-0.25, -0.2) is 4.79 Å². The maximum Gasteiger partial charge on any atom is 0.336 e. The summed E-state index contributed by atoms with van der Waals surface area (Å²) in [5, 5.41) is 10.3. The van der Waals surface area contributed by atoms with Gasteiger partial charge in [0.15, 0.2) is 0 Å². The van der Waals surface area contributed by atoms with Crippen molar-refractivity contribution in [2.45, 2.75) is 18.9 Å². The van der Waals surface area contributed by atoms with E-state index in [0.29, 0.717) is 11.6 Å². The Kier molecular flexibility index (Phi) is 2.57. The van der Waals surface area contributed by atoms with Crippen LogP contribution in [-0.2, 0) is 0 Å². The number of hydrogen-bond donors (Lipinski definition) is 1. The molecule has 0 unspecified atom stereocenters. The molecule has 1 fully saturated rings. The van der Waals surface area contributed by atoms with Gasteiger partial charge in [0, 0.05) is 35.5 Å². The topological polar surface area (TPSA) is 55.1 Å². The molecule has 0 spiro atoms. The van der Waals surface area contributed by atoms with Crippen molar-refractivity contribution in [2.75, 3.05) is 0 Å². The van der Waals surface area contributed by atoms with Crippen molar-refractivity contribution < 1.29 is 9.90 Å². The molecule has 4 nitrogen and oxygen atoms in total. The van der Waals surface area contributed by atoms with Crippen LogP contribution in [0.15, 0.2) is 48.9 Å². The molecule has 1 aromatic carbocycles. The standard InChI is InChI=1S/C17H14N2O2/c20-17(21)15-9-12(11-3-6-18-7-4-11)10-16-14(15)5-8-19(16)13-1-2-13/h3-10,13H,1-2H2,(H,20,21). The van der Waals surface area contributed by atoms with Gasteiger partial charge in [0.2, 0.25) is 0 Å². The Morgan fingerprint density at radius 1 is 1.14 bits per heavy atom. The summed E-state index contributed by atoms with van der Waals surface area (Å²) in [5.41, 5.74) is 3.27. The second-order valence-electron chi connectivity index (χ2n) is 5.45. The van der Waals surface area contributed by atoms with Crippen LogP contribution in [0.2, 0.25) is 0 Å². The molecule has 1 saturated carbocycles. The maximum absolute atomic E-state index is 11.6. The lowest BCUT2D eigenvalue weighted by Crippen LogP contribution is -1.99. The normalized spacial score (nSPS) is 14.5. The molecule has 21 heavy (non-hydrogen) atoms. The molecule has 0 aliphatic heterocycles. The average Bonchev–Trinajstić information content (AvgIpc) is 3.26. The number of aromatic nitrogens is 2. The predicted molar refractivity (Wildman–Crippen MR) is 80.4 cm³/mol. The fraction of sp³-hybridized carbons (Fsp3) is 0.176. The van der Waals surface area contributed by atoms with Crippen molar-refractivity contribution in [1.29, 1.82) is 0 Å². The van der Waals surface area contributed by atoms with Gasteiger partial charge in [0.05, 0.1) is 5.56 Å². The number of aromatic carboxylic acids is 1. The van der Waals surface area contributed by atoms with Gasteiger partial charge >= 0.3 is 5.97 Å². The van der Waals surface area contributed by atoms with Crippen LogP contribution in [0.1, 0.15) is 29.2 Å². The van der Waals surface area contributed by atoms with Crippen molar-refractivity contribution in [1.82, 2.24) is 9.55 Å². The number of nitrogens with zero attached hydrogens (tertiary/aromatic N) is 2. The summed E-state index contributed by atoms with van der Waals surface area (Å²) in [5.74, 6) is -0.885. The van der Waals surface area contributed by atoms with E-state index in [0.717, 1.165) is 22.0 Å². The highest BCUT2D eigenvalue weighted by Gasteiger charge is 2.25. The summed E-state index contributed by atoms with van der Waals surface area (Å²) in [6.07, 6.45) is 7.79. The second-order valence-corrected chi connectivity index (χ2v) is 5.45. The fourth-order valence-electron chi connectivity index (χ4n) is 2.82. The third kappa shape index (κ3) is 2.00. The van der Waals surface area contributed by atoms with Gasteiger partial charge in [-0.15, -0.1) is 0 Å². The fourth-order valence-corrected chi connectivity index (χ4v) is 2.82. The molecule has 2 heterocycles. The van der Waals surface area contributed by atoms with Gasteiger partial charge in [-0.1, -0.05) is 0 Å². The van der Waals surface area contributed by atoms with Crippen molar-refractivity contribution >= 4 is 16.9 Å². The number of pyridine rings is 1. The summed E-state index contributed by atoms with van der Waals surface area (Å²) >= 11 is 0. The van der Waals surface area contributed by atoms with Crippen LogP contribution < -0.4 is 0 Å². The van der Waals surface area contributed by atoms with Crippen LogP contribution in [-0.4, -0.2) is 20.6 Å². The second kappa shape index (κ2) is 4.45. The third-order valence-corrected chi connectivity index (χ3v) is 4.02. The molecule has 1 aliphatic rings. The number of fused-ring (bicyclic) bond motifs is 1. The van der Waals surface area contributed by atoms with E-state index in [1.54, 1.807) is 18.5 Å². The van der Waals surface area contributed by atoms with Crippen molar-refractivity contribution in [3.63, 3.8) is 0 Å². The number of carboxylic acids is 1. The summed E-state index contributed by atoms with van der Waals surface area (Å²) in [6.45, 7) is 0. The molecule has 0 bridgehead atoms. The lowest BCUT2D eigenvalue weighted by Gasteiger charge is -2.08. The van der Waals surface area contributed by atoms with Gasteiger partial charge in [0.25, 0.3) is 0 Å². The lowest BCUT2D eigenvalue weighted by molar-refractivity contribution is 0.0699. The molecular formula is C17H14N2O2. The van der Waals surface area contributed by atoms with Gasteiger partial charge in [-0.3, -0.25) is 4.98 Å². The number of benzene rings is 1.